The molecule has 2 heterocycles. The van der Waals surface area contributed by atoms with Crippen LogP contribution in [0.15, 0.2) is 30.3 Å². The number of carbonyl (C=O) groups excluding carboxylic acids is 2. The smallest absolute Gasteiger partial charge is 0.229 e. The first kappa shape index (κ1) is 14.2. The molecule has 2 fully saturated rings. The highest BCUT2D eigenvalue weighted by Gasteiger charge is 2.41. The van der Waals surface area contributed by atoms with Crippen molar-refractivity contribution in [1.82, 2.24) is 9.88 Å². The maximum Gasteiger partial charge on any atom is 0.229 e. The number of hydrogen-bond donors (Lipinski definition) is 1. The molecule has 2 aromatic rings. The number of benzene rings is 1. The van der Waals surface area contributed by atoms with Gasteiger partial charge in [-0.2, -0.15) is 0 Å². The maximum atomic E-state index is 12.6. The molecule has 5 heteroatoms. The molecule has 0 spiro atoms. The molecule has 1 N–H and O–H groups in total. The third-order valence-corrected chi connectivity index (χ3v) is 4.63. The van der Waals surface area contributed by atoms with Crippen molar-refractivity contribution >= 4 is 28.4 Å². The van der Waals surface area contributed by atoms with Crippen LogP contribution < -0.4 is 5.32 Å². The Labute approximate surface area is 134 Å². The van der Waals surface area contributed by atoms with Crippen LogP contribution in [-0.4, -0.2) is 34.3 Å². The monoisotopic (exact) mass is 309 g/mol. The zero-order chi connectivity index (χ0) is 16.0. The lowest BCUT2D eigenvalue weighted by Crippen LogP contribution is -2.29. The van der Waals surface area contributed by atoms with Gasteiger partial charge in [0, 0.05) is 30.1 Å². The molecular formula is C18H19N3O2. The van der Waals surface area contributed by atoms with E-state index in [1.54, 1.807) is 0 Å². The van der Waals surface area contributed by atoms with E-state index in [2.05, 4.69) is 10.3 Å². The summed E-state index contributed by atoms with van der Waals surface area (Å²) in [4.78, 5) is 31.0. The van der Waals surface area contributed by atoms with Crippen molar-refractivity contribution in [3.8, 4) is 0 Å². The van der Waals surface area contributed by atoms with Crippen LogP contribution in [0.4, 0.5) is 5.69 Å². The Balaban J connectivity index is 1.55. The minimum Gasteiger partial charge on any atom is -0.339 e. The van der Waals surface area contributed by atoms with E-state index in [-0.39, 0.29) is 17.7 Å². The number of nitrogens with one attached hydrogen (secondary N) is 1. The van der Waals surface area contributed by atoms with E-state index in [0.29, 0.717) is 24.7 Å². The van der Waals surface area contributed by atoms with Gasteiger partial charge in [0.25, 0.3) is 0 Å². The van der Waals surface area contributed by atoms with Gasteiger partial charge in [-0.25, -0.2) is 0 Å². The van der Waals surface area contributed by atoms with Gasteiger partial charge in [0.05, 0.1) is 17.1 Å². The normalized spacial score (nSPS) is 21.0. The fourth-order valence-electron chi connectivity index (χ4n) is 3.23. The Kier molecular flexibility index (Phi) is 3.29. The lowest BCUT2D eigenvalue weighted by Gasteiger charge is -2.15. The molecule has 1 saturated heterocycles. The fourth-order valence-corrected chi connectivity index (χ4v) is 3.23. The Morgan fingerprint density at radius 3 is 2.87 bits per heavy atom. The van der Waals surface area contributed by atoms with E-state index >= 15 is 0 Å². The zero-order valence-electron chi connectivity index (χ0n) is 13.1. The molecule has 1 aliphatic heterocycles. The van der Waals surface area contributed by atoms with Crippen LogP contribution in [0, 0.1) is 12.8 Å². The third kappa shape index (κ3) is 2.67. The average Bonchev–Trinajstić information content (AvgIpc) is 3.30. The first-order valence-electron chi connectivity index (χ1n) is 8.08. The summed E-state index contributed by atoms with van der Waals surface area (Å²) < 4.78 is 0. The number of carbonyl (C=O) groups is 2. The molecule has 1 atom stereocenters. The van der Waals surface area contributed by atoms with Crippen LogP contribution in [0.5, 0.6) is 0 Å². The van der Waals surface area contributed by atoms with Crippen LogP contribution in [0.1, 0.15) is 25.0 Å². The molecule has 1 aliphatic carbocycles. The summed E-state index contributed by atoms with van der Waals surface area (Å²) in [5.41, 5.74) is 2.42. The molecule has 118 valence electrons. The number of nitrogens with zero attached hydrogens (tertiary/aromatic N) is 2. The predicted octanol–water partition coefficient (Wildman–Crippen LogP) is 2.49. The van der Waals surface area contributed by atoms with Crippen molar-refractivity contribution in [3.63, 3.8) is 0 Å². The summed E-state index contributed by atoms with van der Waals surface area (Å²) in [6.07, 6.45) is 2.47. The lowest BCUT2D eigenvalue weighted by atomic mass is 10.1. The largest absolute Gasteiger partial charge is 0.339 e. The second-order valence-electron chi connectivity index (χ2n) is 6.50. The van der Waals surface area contributed by atoms with Crippen LogP contribution in [0.2, 0.25) is 0 Å². The Bertz CT molecular complexity index is 798. The topological polar surface area (TPSA) is 62.3 Å². The van der Waals surface area contributed by atoms with Crippen LogP contribution >= 0.6 is 0 Å². The summed E-state index contributed by atoms with van der Waals surface area (Å²) >= 11 is 0. The maximum absolute atomic E-state index is 12.6. The van der Waals surface area contributed by atoms with Gasteiger partial charge in [0.2, 0.25) is 11.8 Å². The average molecular weight is 309 g/mol. The van der Waals surface area contributed by atoms with Crippen molar-refractivity contribution in [1.29, 1.82) is 0 Å². The van der Waals surface area contributed by atoms with Gasteiger partial charge in [-0.15, -0.1) is 0 Å². The number of fused-ring (bicyclic) bond motifs is 1. The summed E-state index contributed by atoms with van der Waals surface area (Å²) in [6.45, 7) is 2.48. The molecular weight excluding hydrogens is 290 g/mol. The number of likely N-dealkylation sites (tertiary alicyclic amines) is 1. The van der Waals surface area contributed by atoms with Crippen molar-refractivity contribution < 1.29 is 9.59 Å². The first-order chi connectivity index (χ1) is 11.1. The molecule has 0 radical (unpaired) electrons. The van der Waals surface area contributed by atoms with Crippen LogP contribution in [0.25, 0.3) is 10.9 Å². The lowest BCUT2D eigenvalue weighted by molar-refractivity contribution is -0.128. The highest BCUT2D eigenvalue weighted by atomic mass is 16.2. The molecule has 23 heavy (non-hydrogen) atoms. The van der Waals surface area contributed by atoms with Crippen molar-refractivity contribution in [3.05, 3.63) is 36.0 Å². The first-order valence-corrected chi connectivity index (χ1v) is 8.08. The SMILES string of the molecule is Cc1ccc2cccc(NC(=O)[C@@H]3CC(=O)N(C4CC4)C3)c2n1. The molecule has 1 saturated carbocycles. The number of para-hydroxylation sites is 1. The molecule has 0 bridgehead atoms. The van der Waals surface area contributed by atoms with Gasteiger partial charge >= 0.3 is 0 Å². The van der Waals surface area contributed by atoms with E-state index in [4.69, 9.17) is 0 Å². The fraction of sp³-hybridized carbons (Fsp3) is 0.389. The van der Waals surface area contributed by atoms with Gasteiger partial charge in [-0.3, -0.25) is 14.6 Å². The van der Waals surface area contributed by atoms with E-state index in [0.717, 1.165) is 29.4 Å². The minimum absolute atomic E-state index is 0.0858. The Morgan fingerprint density at radius 2 is 2.09 bits per heavy atom. The highest BCUT2D eigenvalue weighted by molar-refractivity contribution is 6.03. The molecule has 1 aromatic carbocycles. The number of aryl methyl sites for hydroxylation is 1. The van der Waals surface area contributed by atoms with Gasteiger partial charge in [-0.1, -0.05) is 18.2 Å². The van der Waals surface area contributed by atoms with Crippen molar-refractivity contribution in [2.75, 3.05) is 11.9 Å². The number of rotatable bonds is 3. The van der Waals surface area contributed by atoms with Gasteiger partial charge in [0.15, 0.2) is 0 Å². The predicted molar refractivity (Wildman–Crippen MR) is 88.0 cm³/mol. The third-order valence-electron chi connectivity index (χ3n) is 4.63. The number of amides is 2. The molecule has 0 unspecified atom stereocenters. The summed E-state index contributed by atoms with van der Waals surface area (Å²) in [6, 6.07) is 10.1. The summed E-state index contributed by atoms with van der Waals surface area (Å²) in [5.74, 6) is -0.236. The molecule has 4 rings (SSSR count). The highest BCUT2D eigenvalue weighted by Crippen LogP contribution is 2.33. The standard InChI is InChI=1S/C18H19N3O2/c1-11-5-6-12-3-2-4-15(17(12)19-11)20-18(23)13-9-16(22)21(10-13)14-7-8-14/h2-6,13-14H,7-10H2,1H3,(H,20,23)/t13-/m1/s1. The Morgan fingerprint density at radius 1 is 1.26 bits per heavy atom. The number of anilines is 1. The van der Waals surface area contributed by atoms with Crippen molar-refractivity contribution in [2.24, 2.45) is 5.92 Å². The van der Waals surface area contributed by atoms with E-state index in [1.165, 1.54) is 0 Å². The van der Waals surface area contributed by atoms with Crippen molar-refractivity contribution in [2.45, 2.75) is 32.2 Å². The van der Waals surface area contributed by atoms with Gasteiger partial charge in [-0.05, 0) is 31.9 Å². The summed E-state index contributed by atoms with van der Waals surface area (Å²) in [7, 11) is 0. The van der Waals surface area contributed by atoms with E-state index in [9.17, 15) is 9.59 Å². The van der Waals surface area contributed by atoms with Crippen LogP contribution in [-0.2, 0) is 9.59 Å². The second-order valence-corrected chi connectivity index (χ2v) is 6.50. The number of hydrogen-bond acceptors (Lipinski definition) is 3. The number of aromatic nitrogens is 1. The minimum atomic E-state index is -0.261. The van der Waals surface area contributed by atoms with Gasteiger partial charge in [0.1, 0.15) is 0 Å². The second kappa shape index (κ2) is 5.33. The number of pyridine rings is 1. The van der Waals surface area contributed by atoms with E-state index in [1.807, 2.05) is 42.2 Å². The molecule has 2 amide bonds. The molecule has 1 aromatic heterocycles. The summed E-state index contributed by atoms with van der Waals surface area (Å²) in [5, 5.41) is 3.97. The molecule has 5 nitrogen and oxygen atoms in total. The van der Waals surface area contributed by atoms with E-state index < -0.39 is 0 Å². The zero-order valence-corrected chi connectivity index (χ0v) is 13.1. The Hall–Kier alpha value is -2.43. The van der Waals surface area contributed by atoms with Gasteiger partial charge < -0.3 is 10.2 Å². The quantitative estimate of drug-likeness (QED) is 0.947. The molecule has 2 aliphatic rings. The van der Waals surface area contributed by atoms with Crippen LogP contribution in [0.3, 0.4) is 0 Å².